The smallest absolute Gasteiger partial charge is 0.312 e. The van der Waals surface area contributed by atoms with Gasteiger partial charge in [0, 0.05) is 25.0 Å². The van der Waals surface area contributed by atoms with Crippen LogP contribution in [0, 0.1) is 17.3 Å². The molecule has 1 aliphatic carbocycles. The van der Waals surface area contributed by atoms with Gasteiger partial charge in [0.1, 0.15) is 0 Å². The third kappa shape index (κ3) is 5.28. The molecule has 2 aliphatic rings. The fourth-order valence-corrected chi connectivity index (χ4v) is 4.90. The molecule has 1 heterocycles. The summed E-state index contributed by atoms with van der Waals surface area (Å²) < 4.78 is 17.7. The molecule has 1 saturated heterocycles. The van der Waals surface area contributed by atoms with E-state index < -0.39 is 22.0 Å². The molecule has 24 heavy (non-hydrogen) atoms. The zero-order valence-corrected chi connectivity index (χ0v) is 18.2. The summed E-state index contributed by atoms with van der Waals surface area (Å²) in [5.41, 5.74) is -0.417. The van der Waals surface area contributed by atoms with Crippen LogP contribution < -0.4 is 0 Å². The van der Waals surface area contributed by atoms with Gasteiger partial charge in [-0.1, -0.05) is 12.2 Å². The molecule has 0 saturated carbocycles. The first-order valence-corrected chi connectivity index (χ1v) is 16.0. The van der Waals surface area contributed by atoms with Crippen LogP contribution in [0.2, 0.25) is 39.3 Å². The van der Waals surface area contributed by atoms with Crippen LogP contribution >= 0.6 is 0 Å². The minimum absolute atomic E-state index is 0.0275. The SMILES string of the molecule is C[Si](C)(C)OC[C@H]1C=C[C@@H](CO[Si](C)(C)C)[C@@]2(CCCOC2=O)C1. The Balaban J connectivity index is 2.14. The van der Waals surface area contributed by atoms with E-state index in [-0.39, 0.29) is 11.9 Å². The van der Waals surface area contributed by atoms with Gasteiger partial charge in [-0.15, -0.1) is 0 Å². The van der Waals surface area contributed by atoms with Crippen molar-refractivity contribution in [2.24, 2.45) is 17.3 Å². The summed E-state index contributed by atoms with van der Waals surface area (Å²) in [5.74, 6) is 0.394. The summed E-state index contributed by atoms with van der Waals surface area (Å²) >= 11 is 0. The van der Waals surface area contributed by atoms with E-state index >= 15 is 0 Å². The van der Waals surface area contributed by atoms with Crippen molar-refractivity contribution in [3.05, 3.63) is 12.2 Å². The third-order valence-corrected chi connectivity index (χ3v) is 6.85. The van der Waals surface area contributed by atoms with Crippen molar-refractivity contribution in [3.8, 4) is 0 Å². The zero-order valence-electron chi connectivity index (χ0n) is 16.2. The number of esters is 1. The van der Waals surface area contributed by atoms with Crippen molar-refractivity contribution in [1.29, 1.82) is 0 Å². The second kappa shape index (κ2) is 7.44. The van der Waals surface area contributed by atoms with Crippen LogP contribution in [0.4, 0.5) is 0 Å². The van der Waals surface area contributed by atoms with Crippen molar-refractivity contribution in [2.75, 3.05) is 19.8 Å². The Morgan fingerprint density at radius 2 is 1.71 bits per heavy atom. The summed E-state index contributed by atoms with van der Waals surface area (Å²) in [6.45, 7) is 15.1. The molecule has 0 unspecified atom stereocenters. The van der Waals surface area contributed by atoms with Crippen LogP contribution in [0.25, 0.3) is 0 Å². The van der Waals surface area contributed by atoms with Gasteiger partial charge in [-0.05, 0) is 58.5 Å². The second-order valence-electron chi connectivity index (χ2n) is 9.20. The van der Waals surface area contributed by atoms with Gasteiger partial charge in [0.2, 0.25) is 0 Å². The molecule has 0 aromatic rings. The molecule has 0 bridgehead atoms. The largest absolute Gasteiger partial charge is 0.465 e. The third-order valence-electron chi connectivity index (χ3n) is 4.79. The van der Waals surface area contributed by atoms with E-state index in [0.29, 0.717) is 25.7 Å². The summed E-state index contributed by atoms with van der Waals surface area (Å²) in [5, 5.41) is 0. The zero-order chi connectivity index (χ0) is 18.0. The Kier molecular flexibility index (Phi) is 6.16. The number of rotatable bonds is 6. The summed E-state index contributed by atoms with van der Waals surface area (Å²) in [6, 6.07) is 0. The number of ether oxygens (including phenoxy) is 1. The van der Waals surface area contributed by atoms with Crippen LogP contribution in [0.15, 0.2) is 12.2 Å². The Bertz CT molecular complexity index is 478. The summed E-state index contributed by atoms with van der Waals surface area (Å²) in [6.07, 6.45) is 7.12. The van der Waals surface area contributed by atoms with Crippen molar-refractivity contribution < 1.29 is 18.4 Å². The molecule has 1 fully saturated rings. The van der Waals surface area contributed by atoms with Gasteiger partial charge >= 0.3 is 5.97 Å². The van der Waals surface area contributed by atoms with Gasteiger partial charge in [-0.3, -0.25) is 4.79 Å². The molecule has 1 aliphatic heterocycles. The molecule has 0 radical (unpaired) electrons. The Hall–Kier alpha value is -0.436. The number of carbonyl (C=O) groups excluding carboxylic acids is 1. The second-order valence-corrected chi connectivity index (χ2v) is 18.2. The van der Waals surface area contributed by atoms with Crippen molar-refractivity contribution in [1.82, 2.24) is 0 Å². The number of carbonyl (C=O) groups is 1. The minimum Gasteiger partial charge on any atom is -0.465 e. The van der Waals surface area contributed by atoms with Gasteiger partial charge in [0.15, 0.2) is 16.6 Å². The lowest BCUT2D eigenvalue weighted by Gasteiger charge is -2.45. The molecule has 0 amide bonds. The average Bonchev–Trinajstić information content (AvgIpc) is 2.45. The van der Waals surface area contributed by atoms with E-state index in [1.54, 1.807) is 0 Å². The van der Waals surface area contributed by atoms with E-state index in [2.05, 4.69) is 51.4 Å². The topological polar surface area (TPSA) is 44.8 Å². The fraction of sp³-hybridized carbons (Fsp3) is 0.833. The highest BCUT2D eigenvalue weighted by atomic mass is 28.4. The Morgan fingerprint density at radius 1 is 1.08 bits per heavy atom. The highest BCUT2D eigenvalue weighted by Crippen LogP contribution is 2.47. The molecule has 0 aromatic carbocycles. The maximum Gasteiger partial charge on any atom is 0.312 e. The molecule has 0 N–H and O–H groups in total. The summed E-state index contributed by atoms with van der Waals surface area (Å²) in [7, 11) is -3.15. The highest BCUT2D eigenvalue weighted by molar-refractivity contribution is 6.70. The average molecular weight is 371 g/mol. The first kappa shape index (κ1) is 19.9. The van der Waals surface area contributed by atoms with E-state index in [0.717, 1.165) is 19.3 Å². The maximum absolute atomic E-state index is 12.7. The van der Waals surface area contributed by atoms with Gasteiger partial charge in [0.05, 0.1) is 12.0 Å². The summed E-state index contributed by atoms with van der Waals surface area (Å²) in [4.78, 5) is 12.7. The Morgan fingerprint density at radius 3 is 2.29 bits per heavy atom. The lowest BCUT2D eigenvalue weighted by Crippen LogP contribution is -2.49. The van der Waals surface area contributed by atoms with Crippen LogP contribution in [-0.2, 0) is 18.4 Å². The molecular weight excluding hydrogens is 336 g/mol. The standard InChI is InChI=1S/C18H34O4Si2/c1-23(2,3)21-13-15-8-9-16(14-22-24(4,5)6)18(12-15)10-7-11-20-17(18)19/h8-9,15-16H,7,10-14H2,1-6H3/t15-,16-,18+/m0/s1. The molecule has 3 atom stereocenters. The predicted octanol–water partition coefficient (Wildman–Crippen LogP) is 4.21. The van der Waals surface area contributed by atoms with E-state index in [9.17, 15) is 4.79 Å². The molecule has 0 aromatic heterocycles. The Labute approximate surface area is 149 Å². The quantitative estimate of drug-likeness (QED) is 0.399. The minimum atomic E-state index is -1.61. The van der Waals surface area contributed by atoms with Crippen LogP contribution in [-0.4, -0.2) is 42.4 Å². The number of cyclic esters (lactones) is 1. The van der Waals surface area contributed by atoms with E-state index in [4.69, 9.17) is 13.6 Å². The van der Waals surface area contributed by atoms with Crippen molar-refractivity contribution >= 4 is 22.6 Å². The van der Waals surface area contributed by atoms with Crippen LogP contribution in [0.5, 0.6) is 0 Å². The number of hydrogen-bond acceptors (Lipinski definition) is 4. The molecular formula is C18H34O4Si2. The first-order valence-electron chi connectivity index (χ1n) is 9.15. The van der Waals surface area contributed by atoms with Crippen molar-refractivity contribution in [2.45, 2.75) is 58.5 Å². The van der Waals surface area contributed by atoms with Crippen molar-refractivity contribution in [3.63, 3.8) is 0 Å². The monoisotopic (exact) mass is 370 g/mol. The van der Waals surface area contributed by atoms with Crippen LogP contribution in [0.3, 0.4) is 0 Å². The lowest BCUT2D eigenvalue weighted by molar-refractivity contribution is -0.168. The molecule has 4 nitrogen and oxygen atoms in total. The van der Waals surface area contributed by atoms with Gasteiger partial charge in [0.25, 0.3) is 0 Å². The van der Waals surface area contributed by atoms with Gasteiger partial charge in [-0.25, -0.2) is 0 Å². The van der Waals surface area contributed by atoms with Gasteiger partial charge in [-0.2, -0.15) is 0 Å². The van der Waals surface area contributed by atoms with Crippen LogP contribution in [0.1, 0.15) is 19.3 Å². The van der Waals surface area contributed by atoms with E-state index in [1.807, 2.05) is 0 Å². The molecule has 1 spiro atoms. The molecule has 138 valence electrons. The number of hydrogen-bond donors (Lipinski definition) is 0. The molecule has 2 rings (SSSR count). The normalized spacial score (nSPS) is 31.3. The highest BCUT2D eigenvalue weighted by Gasteiger charge is 2.50. The van der Waals surface area contributed by atoms with Gasteiger partial charge < -0.3 is 13.6 Å². The lowest BCUT2D eigenvalue weighted by atomic mass is 9.63. The molecule has 6 heteroatoms. The predicted molar refractivity (Wildman–Crippen MR) is 102 cm³/mol. The fourth-order valence-electron chi connectivity index (χ4n) is 3.51. The van der Waals surface area contributed by atoms with E-state index in [1.165, 1.54) is 0 Å². The maximum atomic E-state index is 12.7. The first-order chi connectivity index (χ1) is 11.0.